The number of para-hydroxylation sites is 1. The molecule has 0 N–H and O–H groups in total. The molecule has 1 aliphatic heterocycles. The Morgan fingerprint density at radius 3 is 2.67 bits per heavy atom. The van der Waals surface area contributed by atoms with Crippen LogP contribution in [0, 0.1) is 13.8 Å². The number of rotatable bonds is 1. The van der Waals surface area contributed by atoms with E-state index in [4.69, 9.17) is 4.42 Å². The number of benzene rings is 1. The van der Waals surface area contributed by atoms with Crippen LogP contribution in [0.2, 0.25) is 0 Å². The fourth-order valence-corrected chi connectivity index (χ4v) is 3.41. The third-order valence-corrected chi connectivity index (χ3v) is 4.48. The molecule has 0 unspecified atom stereocenters. The minimum Gasteiger partial charge on any atom is -0.469 e. The summed E-state index contributed by atoms with van der Waals surface area (Å²) in [5.41, 5.74) is 4.16. The number of nitrogens with zero attached hydrogens (tertiary/aromatic N) is 1. The van der Waals surface area contributed by atoms with Gasteiger partial charge in [0.05, 0.1) is 17.5 Å². The van der Waals surface area contributed by atoms with Crippen molar-refractivity contribution in [2.75, 3.05) is 4.90 Å². The van der Waals surface area contributed by atoms with E-state index >= 15 is 0 Å². The van der Waals surface area contributed by atoms with Crippen molar-refractivity contribution in [2.45, 2.75) is 46.1 Å². The number of carbonyl (C=O) groups excluding carboxylic acids is 1. The van der Waals surface area contributed by atoms with Crippen LogP contribution in [0.15, 0.2) is 34.9 Å². The maximum absolute atomic E-state index is 13.0. The van der Waals surface area contributed by atoms with Gasteiger partial charge in [-0.15, -0.1) is 0 Å². The monoisotopic (exact) mass is 283 g/mol. The number of carbonyl (C=O) groups is 1. The van der Waals surface area contributed by atoms with Crippen LogP contribution in [-0.2, 0) is 0 Å². The number of hydrogen-bond donors (Lipinski definition) is 0. The summed E-state index contributed by atoms with van der Waals surface area (Å²) in [6.45, 7) is 8.27. The van der Waals surface area contributed by atoms with Gasteiger partial charge < -0.3 is 9.32 Å². The summed E-state index contributed by atoms with van der Waals surface area (Å²) in [5.74, 6) is 1.20. The van der Waals surface area contributed by atoms with E-state index in [1.807, 2.05) is 11.8 Å². The Kier molecular flexibility index (Phi) is 3.36. The van der Waals surface area contributed by atoms with Gasteiger partial charge in [-0.25, -0.2) is 0 Å². The van der Waals surface area contributed by atoms with Gasteiger partial charge in [0.15, 0.2) is 0 Å². The second-order valence-electron chi connectivity index (χ2n) is 6.06. The van der Waals surface area contributed by atoms with Gasteiger partial charge in [-0.1, -0.05) is 25.1 Å². The summed E-state index contributed by atoms with van der Waals surface area (Å²) >= 11 is 0. The lowest BCUT2D eigenvalue weighted by Gasteiger charge is -2.39. The van der Waals surface area contributed by atoms with E-state index in [-0.39, 0.29) is 11.9 Å². The predicted molar refractivity (Wildman–Crippen MR) is 83.9 cm³/mol. The van der Waals surface area contributed by atoms with Crippen molar-refractivity contribution in [3.63, 3.8) is 0 Å². The lowest BCUT2D eigenvalue weighted by atomic mass is 9.85. The molecule has 2 atom stereocenters. The van der Waals surface area contributed by atoms with Gasteiger partial charge in [-0.05, 0) is 50.3 Å². The first-order valence-corrected chi connectivity index (χ1v) is 7.48. The van der Waals surface area contributed by atoms with Crippen LogP contribution in [0.5, 0.6) is 0 Å². The molecule has 0 spiro atoms. The normalized spacial score (nSPS) is 21.2. The van der Waals surface area contributed by atoms with E-state index in [0.717, 1.165) is 17.7 Å². The van der Waals surface area contributed by atoms with Crippen LogP contribution in [0.25, 0.3) is 0 Å². The maximum atomic E-state index is 13.0. The third kappa shape index (κ3) is 2.17. The molecule has 0 aliphatic carbocycles. The van der Waals surface area contributed by atoms with E-state index in [1.165, 1.54) is 5.56 Å². The zero-order chi connectivity index (χ0) is 15.1. The molecule has 2 aromatic rings. The highest BCUT2D eigenvalue weighted by Gasteiger charge is 2.34. The van der Waals surface area contributed by atoms with Crippen molar-refractivity contribution >= 4 is 11.6 Å². The standard InChI is InChI=1S/C18H21NO2/c1-11-6-5-7-15-12(2)10-13(3)19(17(11)15)18(20)16-8-9-21-14(16)4/h5-9,12-13H,10H2,1-4H3/t12-,13-/m0/s1. The van der Waals surface area contributed by atoms with Crippen molar-refractivity contribution in [1.29, 1.82) is 0 Å². The van der Waals surface area contributed by atoms with Gasteiger partial charge in [-0.2, -0.15) is 0 Å². The van der Waals surface area contributed by atoms with Crippen LogP contribution in [0.4, 0.5) is 5.69 Å². The Balaban J connectivity index is 2.13. The second-order valence-corrected chi connectivity index (χ2v) is 6.06. The Morgan fingerprint density at radius 1 is 1.24 bits per heavy atom. The lowest BCUT2D eigenvalue weighted by molar-refractivity contribution is 0.0972. The number of anilines is 1. The molecule has 2 heterocycles. The number of hydrogen-bond acceptors (Lipinski definition) is 2. The highest BCUT2D eigenvalue weighted by molar-refractivity contribution is 6.08. The molecule has 1 amide bonds. The molecule has 21 heavy (non-hydrogen) atoms. The predicted octanol–water partition coefficient (Wildman–Crippen LogP) is 4.44. The summed E-state index contributed by atoms with van der Waals surface area (Å²) in [5, 5.41) is 0. The molecule has 1 aromatic heterocycles. The third-order valence-electron chi connectivity index (χ3n) is 4.48. The molecular formula is C18H21NO2. The smallest absolute Gasteiger partial charge is 0.262 e. The van der Waals surface area contributed by atoms with Crippen molar-refractivity contribution in [2.24, 2.45) is 0 Å². The van der Waals surface area contributed by atoms with E-state index in [1.54, 1.807) is 12.3 Å². The molecule has 3 rings (SSSR count). The minimum absolute atomic E-state index is 0.0381. The quantitative estimate of drug-likeness (QED) is 0.775. The van der Waals surface area contributed by atoms with Gasteiger partial charge in [0.2, 0.25) is 0 Å². The molecule has 110 valence electrons. The summed E-state index contributed by atoms with van der Waals surface area (Å²) < 4.78 is 5.30. The van der Waals surface area contributed by atoms with Crippen LogP contribution < -0.4 is 4.90 Å². The topological polar surface area (TPSA) is 33.5 Å². The number of amides is 1. The highest BCUT2D eigenvalue weighted by Crippen LogP contribution is 2.41. The summed E-state index contributed by atoms with van der Waals surface area (Å²) in [4.78, 5) is 14.9. The Hall–Kier alpha value is -2.03. The fraction of sp³-hybridized carbons (Fsp3) is 0.389. The largest absolute Gasteiger partial charge is 0.469 e. The Bertz CT molecular complexity index is 686. The van der Waals surface area contributed by atoms with Crippen LogP contribution in [0.1, 0.15) is 53.4 Å². The van der Waals surface area contributed by atoms with Gasteiger partial charge in [0, 0.05) is 6.04 Å². The lowest BCUT2D eigenvalue weighted by Crippen LogP contribution is -2.43. The van der Waals surface area contributed by atoms with Crippen molar-refractivity contribution in [3.05, 3.63) is 53.0 Å². The Morgan fingerprint density at radius 2 is 2.00 bits per heavy atom. The molecule has 0 radical (unpaired) electrons. The first-order chi connectivity index (χ1) is 10.0. The average molecular weight is 283 g/mol. The van der Waals surface area contributed by atoms with E-state index in [2.05, 4.69) is 39.0 Å². The number of furan rings is 1. The molecule has 0 fully saturated rings. The molecule has 0 saturated carbocycles. The van der Waals surface area contributed by atoms with Gasteiger partial charge in [0.25, 0.3) is 5.91 Å². The summed E-state index contributed by atoms with van der Waals surface area (Å²) in [6, 6.07) is 8.25. The second kappa shape index (κ2) is 5.06. The van der Waals surface area contributed by atoms with E-state index in [0.29, 0.717) is 17.2 Å². The zero-order valence-corrected chi connectivity index (χ0v) is 13.0. The van der Waals surface area contributed by atoms with Gasteiger partial charge >= 0.3 is 0 Å². The molecule has 3 heteroatoms. The molecule has 1 aliphatic rings. The van der Waals surface area contributed by atoms with Crippen molar-refractivity contribution in [1.82, 2.24) is 0 Å². The molecule has 3 nitrogen and oxygen atoms in total. The van der Waals surface area contributed by atoms with Gasteiger partial charge in [-0.3, -0.25) is 4.79 Å². The zero-order valence-electron chi connectivity index (χ0n) is 13.0. The average Bonchev–Trinajstić information content (AvgIpc) is 2.86. The van der Waals surface area contributed by atoms with Crippen LogP contribution in [0.3, 0.4) is 0 Å². The summed E-state index contributed by atoms with van der Waals surface area (Å²) in [6.07, 6.45) is 2.57. The van der Waals surface area contributed by atoms with Crippen molar-refractivity contribution in [3.8, 4) is 0 Å². The van der Waals surface area contributed by atoms with Crippen LogP contribution in [-0.4, -0.2) is 11.9 Å². The SMILES string of the molecule is Cc1cccc2c1N(C(=O)c1ccoc1C)[C@@H](C)C[C@@H]2C. The van der Waals surface area contributed by atoms with E-state index < -0.39 is 0 Å². The molecule has 0 saturated heterocycles. The minimum atomic E-state index is 0.0381. The van der Waals surface area contributed by atoms with Crippen LogP contribution >= 0.6 is 0 Å². The first-order valence-electron chi connectivity index (χ1n) is 7.48. The van der Waals surface area contributed by atoms with Gasteiger partial charge in [0.1, 0.15) is 5.76 Å². The molecular weight excluding hydrogens is 262 g/mol. The van der Waals surface area contributed by atoms with E-state index in [9.17, 15) is 4.79 Å². The summed E-state index contributed by atoms with van der Waals surface area (Å²) in [7, 11) is 0. The number of aryl methyl sites for hydroxylation is 2. The highest BCUT2D eigenvalue weighted by atomic mass is 16.3. The molecule has 1 aromatic carbocycles. The van der Waals surface area contributed by atoms with Crippen molar-refractivity contribution < 1.29 is 9.21 Å². The number of fused-ring (bicyclic) bond motifs is 1. The molecule has 0 bridgehead atoms. The Labute approximate surface area is 125 Å². The first kappa shape index (κ1) is 13.9. The maximum Gasteiger partial charge on any atom is 0.262 e. The fourth-order valence-electron chi connectivity index (χ4n) is 3.41.